The molecule has 6 nitrogen and oxygen atoms in total. The minimum Gasteiger partial charge on any atom is -0.385 e. The average Bonchev–Trinajstić information content (AvgIpc) is 3.22. The molecule has 1 aromatic heterocycles. The molecule has 0 radical (unpaired) electrons. The van der Waals surface area contributed by atoms with Crippen LogP contribution in [0, 0.1) is 11.8 Å². The van der Waals surface area contributed by atoms with Crippen molar-refractivity contribution >= 4 is 11.6 Å². The summed E-state index contributed by atoms with van der Waals surface area (Å²) in [5.74, 6) is 0.602. The van der Waals surface area contributed by atoms with Crippen LogP contribution in [0.3, 0.4) is 0 Å². The number of carbonyl (C=O) groups excluding carboxylic acids is 1. The summed E-state index contributed by atoms with van der Waals surface area (Å²) in [7, 11) is 1.82. The van der Waals surface area contributed by atoms with Gasteiger partial charge in [-0.2, -0.15) is 5.10 Å². The Morgan fingerprint density at radius 3 is 2.88 bits per heavy atom. The van der Waals surface area contributed by atoms with Crippen LogP contribution in [-0.4, -0.2) is 45.3 Å². The summed E-state index contributed by atoms with van der Waals surface area (Å²) in [6, 6.07) is 10.0. The lowest BCUT2D eigenvalue weighted by molar-refractivity contribution is -0.117. The van der Waals surface area contributed by atoms with E-state index in [-0.39, 0.29) is 11.8 Å². The van der Waals surface area contributed by atoms with Gasteiger partial charge in [0.1, 0.15) is 0 Å². The highest BCUT2D eigenvalue weighted by atomic mass is 16.3. The van der Waals surface area contributed by atoms with E-state index in [0.717, 1.165) is 43.6 Å². The molecule has 1 aliphatic carbocycles. The molecule has 0 unspecified atom stereocenters. The molecular weight excluding hydrogens is 328 g/mol. The van der Waals surface area contributed by atoms with Crippen LogP contribution in [0.2, 0.25) is 0 Å². The number of fused-ring (bicyclic) bond motifs is 1. The largest absolute Gasteiger partial charge is 0.385 e. The maximum atomic E-state index is 12.4. The molecule has 0 bridgehead atoms. The fourth-order valence-electron chi connectivity index (χ4n) is 4.72. The highest BCUT2D eigenvalue weighted by Crippen LogP contribution is 2.48. The Kier molecular flexibility index (Phi) is 4.54. The van der Waals surface area contributed by atoms with Crippen LogP contribution in [0.1, 0.15) is 24.8 Å². The van der Waals surface area contributed by atoms with Crippen molar-refractivity contribution in [3.05, 3.63) is 48.3 Å². The van der Waals surface area contributed by atoms with Gasteiger partial charge in [-0.3, -0.25) is 14.4 Å². The van der Waals surface area contributed by atoms with Gasteiger partial charge in [0.15, 0.2) is 0 Å². The van der Waals surface area contributed by atoms with Gasteiger partial charge >= 0.3 is 0 Å². The average molecular weight is 354 g/mol. The molecule has 0 spiro atoms. The highest BCUT2D eigenvalue weighted by molar-refractivity contribution is 5.92. The second kappa shape index (κ2) is 6.85. The number of benzene rings is 1. The van der Waals surface area contributed by atoms with Gasteiger partial charge in [0.25, 0.3) is 0 Å². The smallest absolute Gasteiger partial charge is 0.238 e. The minimum absolute atomic E-state index is 0.0279. The standard InChI is InChI=1S/C20H26N4O2/c1-23-12-17(10-21-23)22-19(25)14-24-11-15-6-5-9-20(26,18(15)13-24)16-7-3-2-4-8-16/h2-4,7-8,10,12,15,18,26H,5-6,9,11,13-14H2,1H3,(H,22,25)/t15-,18+,20+/m0/s1. The Morgan fingerprint density at radius 1 is 1.35 bits per heavy atom. The summed E-state index contributed by atoms with van der Waals surface area (Å²) in [6.07, 6.45) is 6.39. The van der Waals surface area contributed by atoms with E-state index in [1.807, 2.05) is 37.4 Å². The van der Waals surface area contributed by atoms with Crippen molar-refractivity contribution in [1.29, 1.82) is 0 Å². The van der Waals surface area contributed by atoms with E-state index in [2.05, 4.69) is 15.3 Å². The summed E-state index contributed by atoms with van der Waals surface area (Å²) in [5.41, 5.74) is 0.949. The highest BCUT2D eigenvalue weighted by Gasteiger charge is 2.49. The Bertz CT molecular complexity index is 775. The summed E-state index contributed by atoms with van der Waals surface area (Å²) >= 11 is 0. The van der Waals surface area contributed by atoms with E-state index >= 15 is 0 Å². The van der Waals surface area contributed by atoms with Crippen LogP contribution < -0.4 is 5.32 Å². The number of carbonyl (C=O) groups is 1. The third kappa shape index (κ3) is 3.27. The number of anilines is 1. The molecule has 2 N–H and O–H groups in total. The molecular formula is C20H26N4O2. The molecule has 1 saturated carbocycles. The summed E-state index contributed by atoms with van der Waals surface area (Å²) in [5, 5.41) is 18.4. The molecule has 1 saturated heterocycles. The molecule has 1 aliphatic heterocycles. The Morgan fingerprint density at radius 2 is 2.15 bits per heavy atom. The Labute approximate surface area is 153 Å². The van der Waals surface area contributed by atoms with Gasteiger partial charge in [0, 0.05) is 32.3 Å². The molecule has 138 valence electrons. The third-order valence-corrected chi connectivity index (χ3v) is 5.89. The van der Waals surface area contributed by atoms with E-state index in [4.69, 9.17) is 0 Å². The lowest BCUT2D eigenvalue weighted by atomic mass is 9.67. The van der Waals surface area contributed by atoms with Gasteiger partial charge in [-0.05, 0) is 30.7 Å². The van der Waals surface area contributed by atoms with Crippen LogP contribution in [0.25, 0.3) is 0 Å². The van der Waals surface area contributed by atoms with E-state index in [9.17, 15) is 9.90 Å². The lowest BCUT2D eigenvalue weighted by Crippen LogP contribution is -2.42. The van der Waals surface area contributed by atoms with Gasteiger partial charge in [0.05, 0.1) is 24.0 Å². The van der Waals surface area contributed by atoms with Gasteiger partial charge in [0.2, 0.25) is 5.91 Å². The minimum atomic E-state index is -0.779. The number of aliphatic hydroxyl groups is 1. The topological polar surface area (TPSA) is 70.4 Å². The number of hydrogen-bond donors (Lipinski definition) is 2. The first-order valence-corrected chi connectivity index (χ1v) is 9.33. The molecule has 26 heavy (non-hydrogen) atoms. The zero-order valence-electron chi connectivity index (χ0n) is 15.1. The number of hydrogen-bond acceptors (Lipinski definition) is 4. The molecule has 2 aliphatic rings. The zero-order valence-corrected chi connectivity index (χ0v) is 15.1. The van der Waals surface area contributed by atoms with E-state index < -0.39 is 5.60 Å². The Hall–Kier alpha value is -2.18. The predicted octanol–water partition coefficient (Wildman–Crippen LogP) is 1.98. The number of nitrogens with one attached hydrogen (secondary N) is 1. The van der Waals surface area contributed by atoms with Crippen molar-refractivity contribution in [1.82, 2.24) is 14.7 Å². The first-order valence-electron chi connectivity index (χ1n) is 9.33. The monoisotopic (exact) mass is 354 g/mol. The SMILES string of the molecule is Cn1cc(NC(=O)CN2C[C@@H]3CCC[C@@](O)(c4ccccc4)[C@@H]3C2)cn1. The van der Waals surface area contributed by atoms with Crippen molar-refractivity contribution in [3.63, 3.8) is 0 Å². The van der Waals surface area contributed by atoms with Crippen molar-refractivity contribution in [2.45, 2.75) is 24.9 Å². The Balaban J connectivity index is 1.43. The summed E-state index contributed by atoms with van der Waals surface area (Å²) in [6.45, 7) is 1.99. The van der Waals surface area contributed by atoms with Crippen LogP contribution >= 0.6 is 0 Å². The molecule has 2 fully saturated rings. The van der Waals surface area contributed by atoms with Gasteiger partial charge in [-0.15, -0.1) is 0 Å². The summed E-state index contributed by atoms with van der Waals surface area (Å²) in [4.78, 5) is 14.5. The van der Waals surface area contributed by atoms with Crippen molar-refractivity contribution < 1.29 is 9.90 Å². The number of aromatic nitrogens is 2. The second-order valence-corrected chi connectivity index (χ2v) is 7.69. The molecule has 1 amide bonds. The fraction of sp³-hybridized carbons (Fsp3) is 0.500. The van der Waals surface area contributed by atoms with Crippen molar-refractivity contribution in [2.24, 2.45) is 18.9 Å². The van der Waals surface area contributed by atoms with Crippen LogP contribution in [0.15, 0.2) is 42.7 Å². The van der Waals surface area contributed by atoms with Crippen molar-refractivity contribution in [3.8, 4) is 0 Å². The number of nitrogens with zero attached hydrogens (tertiary/aromatic N) is 3. The molecule has 6 heteroatoms. The normalized spacial score (nSPS) is 28.7. The quantitative estimate of drug-likeness (QED) is 0.881. The third-order valence-electron chi connectivity index (χ3n) is 5.89. The van der Waals surface area contributed by atoms with Crippen LogP contribution in [0.4, 0.5) is 5.69 Å². The van der Waals surface area contributed by atoms with E-state index in [0.29, 0.717) is 12.5 Å². The molecule has 2 heterocycles. The number of aryl methyl sites for hydroxylation is 1. The maximum Gasteiger partial charge on any atom is 0.238 e. The fourth-order valence-corrected chi connectivity index (χ4v) is 4.72. The number of rotatable bonds is 4. The molecule has 3 atom stereocenters. The van der Waals surface area contributed by atoms with E-state index in [1.165, 1.54) is 0 Å². The number of likely N-dealkylation sites (tertiary alicyclic amines) is 1. The van der Waals surface area contributed by atoms with E-state index in [1.54, 1.807) is 17.1 Å². The second-order valence-electron chi connectivity index (χ2n) is 7.69. The van der Waals surface area contributed by atoms with Gasteiger partial charge < -0.3 is 10.4 Å². The molecule has 1 aromatic carbocycles. The molecule has 2 aromatic rings. The molecule has 4 rings (SSSR count). The number of amides is 1. The van der Waals surface area contributed by atoms with Crippen LogP contribution in [-0.2, 0) is 17.4 Å². The maximum absolute atomic E-state index is 12.4. The van der Waals surface area contributed by atoms with Gasteiger partial charge in [-0.25, -0.2) is 0 Å². The van der Waals surface area contributed by atoms with Crippen LogP contribution in [0.5, 0.6) is 0 Å². The first-order chi connectivity index (χ1) is 12.5. The predicted molar refractivity (Wildman–Crippen MR) is 99.4 cm³/mol. The van der Waals surface area contributed by atoms with Gasteiger partial charge in [-0.1, -0.05) is 30.3 Å². The first kappa shape index (κ1) is 17.2. The zero-order chi connectivity index (χ0) is 18.1. The van der Waals surface area contributed by atoms with Crippen molar-refractivity contribution in [2.75, 3.05) is 25.0 Å². The summed E-state index contributed by atoms with van der Waals surface area (Å²) < 4.78 is 1.67. The lowest BCUT2D eigenvalue weighted by Gasteiger charge is -2.41.